The molecule has 1 aliphatic carbocycles. The smallest absolute Gasteiger partial charge is 0.402 e. The SMILES string of the molecule is CCC(C)(C)N1CC(N2C[C@@H]3C(c4cc(-c5cnc(N)c(OC(F)(F)F)c5)nn4C(C)C)[C@@H]3C2)C1. The summed E-state index contributed by atoms with van der Waals surface area (Å²) in [7, 11) is 0. The molecule has 2 aromatic heterocycles. The van der Waals surface area contributed by atoms with Crippen molar-refractivity contribution in [2.75, 3.05) is 31.9 Å². The topological polar surface area (TPSA) is 72.4 Å². The van der Waals surface area contributed by atoms with E-state index in [9.17, 15) is 13.2 Å². The summed E-state index contributed by atoms with van der Waals surface area (Å²) in [6.07, 6.45) is -2.23. The molecule has 3 fully saturated rings. The second kappa shape index (κ2) is 8.37. The maximum Gasteiger partial charge on any atom is 0.573 e. The average Bonchev–Trinajstić information content (AvgIpc) is 3.08. The molecule has 0 bridgehead atoms. The molecule has 0 amide bonds. The molecule has 10 heteroatoms. The van der Waals surface area contributed by atoms with Gasteiger partial charge in [0, 0.05) is 67.2 Å². The Morgan fingerprint density at radius 2 is 1.77 bits per heavy atom. The first-order valence-corrected chi connectivity index (χ1v) is 12.5. The molecule has 0 radical (unpaired) electrons. The second-order valence-corrected chi connectivity index (χ2v) is 11.2. The Morgan fingerprint density at radius 3 is 2.34 bits per heavy atom. The minimum Gasteiger partial charge on any atom is -0.402 e. The molecule has 2 N–H and O–H groups in total. The van der Waals surface area contributed by atoms with Crippen LogP contribution in [0.15, 0.2) is 18.3 Å². The number of halogens is 3. The summed E-state index contributed by atoms with van der Waals surface area (Å²) in [6.45, 7) is 15.5. The number of fused-ring (bicyclic) bond motifs is 1. The Hall–Kier alpha value is -2.33. The number of rotatable bonds is 7. The highest BCUT2D eigenvalue weighted by atomic mass is 19.4. The molecule has 2 aromatic rings. The van der Waals surface area contributed by atoms with Crippen molar-refractivity contribution in [2.45, 2.75) is 70.9 Å². The number of nitrogens with zero attached hydrogens (tertiary/aromatic N) is 5. The quantitative estimate of drug-likeness (QED) is 0.613. The van der Waals surface area contributed by atoms with E-state index in [2.05, 4.69) is 54.1 Å². The zero-order valence-corrected chi connectivity index (χ0v) is 21.0. The van der Waals surface area contributed by atoms with Gasteiger partial charge in [-0.3, -0.25) is 14.5 Å². The van der Waals surface area contributed by atoms with E-state index in [4.69, 9.17) is 10.8 Å². The highest BCUT2D eigenvalue weighted by Crippen LogP contribution is 2.59. The van der Waals surface area contributed by atoms with E-state index in [-0.39, 0.29) is 17.4 Å². The third-order valence-corrected chi connectivity index (χ3v) is 8.32. The number of hydrogen-bond donors (Lipinski definition) is 1. The van der Waals surface area contributed by atoms with Gasteiger partial charge in [0.1, 0.15) is 0 Å². The lowest BCUT2D eigenvalue weighted by Crippen LogP contribution is -2.65. The van der Waals surface area contributed by atoms with Crippen LogP contribution in [0.2, 0.25) is 0 Å². The second-order valence-electron chi connectivity index (χ2n) is 11.2. The standard InChI is InChI=1S/C25H35F3N6O/c1-6-24(4,5)33-10-16(11-33)32-12-17-18(13-32)22(17)20-8-19(31-34(20)14(2)3)15-7-21(23(29)30-9-15)35-25(26,27)28/h7-9,14,16-18,22H,6,10-13H2,1-5H3,(H2,29,30)/t17-,18+,22?. The van der Waals surface area contributed by atoms with Gasteiger partial charge in [-0.05, 0) is 58.1 Å². The van der Waals surface area contributed by atoms with E-state index in [0.717, 1.165) is 38.3 Å². The lowest BCUT2D eigenvalue weighted by atomic mass is 9.92. The van der Waals surface area contributed by atoms with Crippen LogP contribution >= 0.6 is 0 Å². The summed E-state index contributed by atoms with van der Waals surface area (Å²) in [5.41, 5.74) is 8.07. The molecule has 1 unspecified atom stereocenters. The molecular weight excluding hydrogens is 457 g/mol. The number of anilines is 1. The van der Waals surface area contributed by atoms with E-state index in [1.807, 2.05) is 10.7 Å². The highest BCUT2D eigenvalue weighted by molar-refractivity contribution is 5.64. The number of alkyl halides is 3. The van der Waals surface area contributed by atoms with Gasteiger partial charge in [-0.25, -0.2) is 4.98 Å². The molecule has 4 heterocycles. The zero-order chi connectivity index (χ0) is 25.3. The lowest BCUT2D eigenvalue weighted by molar-refractivity contribution is -0.274. The number of aromatic nitrogens is 3. The van der Waals surface area contributed by atoms with Crippen LogP contribution in [0.3, 0.4) is 0 Å². The molecule has 2 aliphatic heterocycles. The van der Waals surface area contributed by atoms with Gasteiger partial charge in [0.2, 0.25) is 0 Å². The van der Waals surface area contributed by atoms with Crippen LogP contribution in [0, 0.1) is 11.8 Å². The van der Waals surface area contributed by atoms with Crippen LogP contribution in [-0.4, -0.2) is 68.7 Å². The van der Waals surface area contributed by atoms with Crippen molar-refractivity contribution < 1.29 is 17.9 Å². The fraction of sp³-hybridized carbons (Fsp3) is 0.680. The first-order valence-electron chi connectivity index (χ1n) is 12.5. The minimum absolute atomic E-state index is 0.139. The molecule has 3 atom stereocenters. The molecule has 5 rings (SSSR count). The predicted octanol–water partition coefficient (Wildman–Crippen LogP) is 4.52. The fourth-order valence-corrected chi connectivity index (χ4v) is 5.71. The molecule has 192 valence electrons. The van der Waals surface area contributed by atoms with Crippen molar-refractivity contribution in [1.82, 2.24) is 24.6 Å². The molecule has 1 saturated carbocycles. The molecular formula is C25H35F3N6O. The van der Waals surface area contributed by atoms with Gasteiger partial charge in [0.05, 0.1) is 5.69 Å². The molecule has 3 aliphatic rings. The van der Waals surface area contributed by atoms with Crippen LogP contribution in [-0.2, 0) is 0 Å². The lowest BCUT2D eigenvalue weighted by Gasteiger charge is -2.52. The third-order valence-electron chi connectivity index (χ3n) is 8.32. The average molecular weight is 493 g/mol. The van der Waals surface area contributed by atoms with Crippen molar-refractivity contribution in [3.05, 3.63) is 24.0 Å². The van der Waals surface area contributed by atoms with E-state index in [0.29, 0.717) is 35.1 Å². The number of likely N-dealkylation sites (tertiary alicyclic amines) is 2. The molecule has 0 aromatic carbocycles. The summed E-state index contributed by atoms with van der Waals surface area (Å²) in [5.74, 6) is 0.849. The largest absolute Gasteiger partial charge is 0.573 e. The van der Waals surface area contributed by atoms with Gasteiger partial charge in [-0.1, -0.05) is 6.92 Å². The normalized spacial score (nSPS) is 25.7. The number of nitrogens with two attached hydrogens (primary N) is 1. The van der Waals surface area contributed by atoms with Crippen LogP contribution in [0.4, 0.5) is 19.0 Å². The first kappa shape index (κ1) is 24.4. The van der Waals surface area contributed by atoms with Gasteiger partial charge in [0.25, 0.3) is 0 Å². The third kappa shape index (κ3) is 4.50. The number of ether oxygens (including phenoxy) is 1. The molecule has 0 spiro atoms. The summed E-state index contributed by atoms with van der Waals surface area (Å²) in [5, 5.41) is 4.74. The fourth-order valence-electron chi connectivity index (χ4n) is 5.71. The number of piperidine rings is 1. The van der Waals surface area contributed by atoms with E-state index in [1.54, 1.807) is 0 Å². The van der Waals surface area contributed by atoms with Crippen LogP contribution < -0.4 is 10.5 Å². The van der Waals surface area contributed by atoms with E-state index in [1.165, 1.54) is 12.3 Å². The maximum atomic E-state index is 12.8. The van der Waals surface area contributed by atoms with Crippen molar-refractivity contribution in [3.63, 3.8) is 0 Å². The van der Waals surface area contributed by atoms with Gasteiger partial charge in [0.15, 0.2) is 11.6 Å². The highest BCUT2D eigenvalue weighted by Gasteiger charge is 2.59. The van der Waals surface area contributed by atoms with Crippen LogP contribution in [0.5, 0.6) is 5.75 Å². The first-order chi connectivity index (χ1) is 16.4. The number of pyridine rings is 1. The van der Waals surface area contributed by atoms with E-state index < -0.39 is 12.1 Å². The number of hydrogen-bond acceptors (Lipinski definition) is 6. The van der Waals surface area contributed by atoms with Crippen LogP contribution in [0.1, 0.15) is 58.7 Å². The Kier molecular flexibility index (Phi) is 5.83. The maximum absolute atomic E-state index is 12.8. The van der Waals surface area contributed by atoms with Crippen molar-refractivity contribution in [3.8, 4) is 17.0 Å². The van der Waals surface area contributed by atoms with Crippen molar-refractivity contribution >= 4 is 5.82 Å². The van der Waals surface area contributed by atoms with Crippen molar-refractivity contribution in [1.29, 1.82) is 0 Å². The Bertz CT molecular complexity index is 1080. The molecule has 2 saturated heterocycles. The minimum atomic E-state index is -4.84. The van der Waals surface area contributed by atoms with Gasteiger partial charge in [-0.2, -0.15) is 5.10 Å². The summed E-state index contributed by atoms with van der Waals surface area (Å²) < 4.78 is 44.3. The summed E-state index contributed by atoms with van der Waals surface area (Å²) >= 11 is 0. The Morgan fingerprint density at radius 1 is 1.11 bits per heavy atom. The Balaban J connectivity index is 1.29. The van der Waals surface area contributed by atoms with Crippen LogP contribution in [0.25, 0.3) is 11.3 Å². The number of nitrogen functional groups attached to an aromatic ring is 1. The van der Waals surface area contributed by atoms with Crippen molar-refractivity contribution in [2.24, 2.45) is 11.8 Å². The van der Waals surface area contributed by atoms with Gasteiger partial charge < -0.3 is 10.5 Å². The Labute approximate surface area is 204 Å². The summed E-state index contributed by atoms with van der Waals surface area (Å²) in [4.78, 5) is 9.14. The predicted molar refractivity (Wildman–Crippen MR) is 128 cm³/mol. The summed E-state index contributed by atoms with van der Waals surface area (Å²) in [6, 6.07) is 4.06. The zero-order valence-electron chi connectivity index (χ0n) is 21.0. The monoisotopic (exact) mass is 492 g/mol. The van der Waals surface area contributed by atoms with Gasteiger partial charge in [-0.15, -0.1) is 13.2 Å². The van der Waals surface area contributed by atoms with Gasteiger partial charge >= 0.3 is 6.36 Å². The molecule has 35 heavy (non-hydrogen) atoms. The van der Waals surface area contributed by atoms with E-state index >= 15 is 0 Å². The molecule has 7 nitrogen and oxygen atoms in total.